The van der Waals surface area contributed by atoms with Crippen LogP contribution in [0.2, 0.25) is 0 Å². The monoisotopic (exact) mass is 274 g/mol. The minimum atomic E-state index is -1.28. The molecule has 0 aliphatic rings. The van der Waals surface area contributed by atoms with Gasteiger partial charge in [-0.2, -0.15) is 0 Å². The summed E-state index contributed by atoms with van der Waals surface area (Å²) >= 11 is 0. The van der Waals surface area contributed by atoms with E-state index < -0.39 is 23.5 Å². The van der Waals surface area contributed by atoms with E-state index in [4.69, 9.17) is 9.47 Å². The largest absolute Gasteiger partial charge is 0.465 e. The van der Waals surface area contributed by atoms with Gasteiger partial charge in [0.15, 0.2) is 5.41 Å². The van der Waals surface area contributed by atoms with Crippen molar-refractivity contribution >= 4 is 11.9 Å². The number of esters is 2. The Balaban J connectivity index is 5.19. The molecule has 0 amide bonds. The highest BCUT2D eigenvalue weighted by molar-refractivity contribution is 6.00. The highest BCUT2D eigenvalue weighted by Gasteiger charge is 2.47. The van der Waals surface area contributed by atoms with Crippen molar-refractivity contribution in [1.82, 2.24) is 0 Å². The molecule has 0 saturated carbocycles. The van der Waals surface area contributed by atoms with Gasteiger partial charge in [-0.15, -0.1) is 0 Å². The third-order valence-corrected chi connectivity index (χ3v) is 3.00. The van der Waals surface area contributed by atoms with Crippen molar-refractivity contribution in [3.63, 3.8) is 0 Å². The summed E-state index contributed by atoms with van der Waals surface area (Å²) in [7, 11) is 0. The smallest absolute Gasteiger partial charge is 0.323 e. The van der Waals surface area contributed by atoms with E-state index in [1.54, 1.807) is 20.8 Å². The van der Waals surface area contributed by atoms with Crippen LogP contribution in [0.4, 0.5) is 0 Å². The predicted octanol–water partition coefficient (Wildman–Crippen LogP) is 2.06. The number of rotatable bonds is 9. The number of ether oxygens (including phenoxy) is 2. The lowest BCUT2D eigenvalue weighted by atomic mass is 9.78. The molecule has 5 nitrogen and oxygen atoms in total. The Bertz CT molecular complexity index is 268. The van der Waals surface area contributed by atoms with Gasteiger partial charge >= 0.3 is 11.9 Å². The molecule has 1 unspecified atom stereocenters. The molecule has 112 valence electrons. The van der Waals surface area contributed by atoms with Gasteiger partial charge in [0.2, 0.25) is 0 Å². The molecule has 0 aromatic carbocycles. The zero-order valence-corrected chi connectivity index (χ0v) is 12.4. The fraction of sp³-hybridized carbons (Fsp3) is 0.857. The summed E-state index contributed by atoms with van der Waals surface area (Å²) in [5.74, 6) is -1.09. The van der Waals surface area contributed by atoms with E-state index in [9.17, 15) is 14.7 Å². The first-order chi connectivity index (χ1) is 8.94. The summed E-state index contributed by atoms with van der Waals surface area (Å²) in [6.45, 7) is 7.38. The summed E-state index contributed by atoms with van der Waals surface area (Å²) in [6.07, 6.45) is 1.07. The van der Waals surface area contributed by atoms with Crippen molar-refractivity contribution in [1.29, 1.82) is 0 Å². The number of carbonyl (C=O) groups is 2. The maximum absolute atomic E-state index is 12.2. The average molecular weight is 274 g/mol. The van der Waals surface area contributed by atoms with Crippen LogP contribution in [-0.4, -0.2) is 36.4 Å². The van der Waals surface area contributed by atoms with Crippen molar-refractivity contribution < 1.29 is 24.2 Å². The van der Waals surface area contributed by atoms with Crippen LogP contribution in [0.3, 0.4) is 0 Å². The van der Waals surface area contributed by atoms with Crippen LogP contribution in [0.25, 0.3) is 0 Å². The molecule has 0 heterocycles. The highest BCUT2D eigenvalue weighted by Crippen LogP contribution is 2.34. The third kappa shape index (κ3) is 5.19. The highest BCUT2D eigenvalue weighted by atomic mass is 16.6. The van der Waals surface area contributed by atoms with E-state index in [-0.39, 0.29) is 19.6 Å². The Morgan fingerprint density at radius 2 is 1.53 bits per heavy atom. The molecule has 0 aromatic rings. The van der Waals surface area contributed by atoms with Crippen molar-refractivity contribution in [2.45, 2.75) is 59.5 Å². The van der Waals surface area contributed by atoms with Crippen molar-refractivity contribution in [2.75, 3.05) is 13.2 Å². The molecule has 0 radical (unpaired) electrons. The molecule has 1 atom stereocenters. The molecular weight excluding hydrogens is 248 g/mol. The van der Waals surface area contributed by atoms with E-state index in [0.29, 0.717) is 19.3 Å². The Labute approximate surface area is 115 Å². The lowest BCUT2D eigenvalue weighted by Crippen LogP contribution is -2.42. The second-order valence-electron chi connectivity index (χ2n) is 4.66. The van der Waals surface area contributed by atoms with E-state index in [2.05, 4.69) is 0 Å². The molecular formula is C14H26O5. The predicted molar refractivity (Wildman–Crippen MR) is 71.5 cm³/mol. The van der Waals surface area contributed by atoms with Crippen LogP contribution in [0.15, 0.2) is 0 Å². The molecule has 0 bridgehead atoms. The second kappa shape index (κ2) is 8.91. The van der Waals surface area contributed by atoms with Gasteiger partial charge < -0.3 is 14.6 Å². The second-order valence-corrected chi connectivity index (χ2v) is 4.66. The summed E-state index contributed by atoms with van der Waals surface area (Å²) in [5.41, 5.74) is -1.28. The maximum Gasteiger partial charge on any atom is 0.323 e. The number of aliphatic hydroxyl groups excluding tert-OH is 1. The summed E-state index contributed by atoms with van der Waals surface area (Å²) in [4.78, 5) is 24.4. The minimum absolute atomic E-state index is 0.221. The summed E-state index contributed by atoms with van der Waals surface area (Å²) in [5, 5.41) is 9.40. The lowest BCUT2D eigenvalue weighted by molar-refractivity contribution is -0.173. The molecule has 19 heavy (non-hydrogen) atoms. The number of hydrogen-bond acceptors (Lipinski definition) is 5. The van der Waals surface area contributed by atoms with Gasteiger partial charge in [0, 0.05) is 0 Å². The number of aliphatic hydroxyl groups is 1. The first-order valence-corrected chi connectivity index (χ1v) is 6.97. The first kappa shape index (κ1) is 17.9. The van der Waals surface area contributed by atoms with Crippen molar-refractivity contribution in [2.24, 2.45) is 5.41 Å². The molecule has 0 aliphatic carbocycles. The van der Waals surface area contributed by atoms with Gasteiger partial charge in [0.05, 0.1) is 19.3 Å². The maximum atomic E-state index is 12.2. The SMILES string of the molecule is CCCC(CCC(C)O)(C(=O)OCC)C(=O)OCC. The fourth-order valence-corrected chi connectivity index (χ4v) is 2.04. The average Bonchev–Trinajstić information content (AvgIpc) is 2.34. The third-order valence-electron chi connectivity index (χ3n) is 3.00. The standard InChI is InChI=1S/C14H26O5/c1-5-9-14(10-8-11(4)15,12(16)18-6-2)13(17)19-7-3/h11,15H,5-10H2,1-4H3. The molecule has 0 fully saturated rings. The molecule has 0 rings (SSSR count). The van der Waals surface area contributed by atoms with Crippen molar-refractivity contribution in [3.05, 3.63) is 0 Å². The van der Waals surface area contributed by atoms with Crippen LogP contribution >= 0.6 is 0 Å². The van der Waals surface area contributed by atoms with E-state index in [0.717, 1.165) is 0 Å². The fourth-order valence-electron chi connectivity index (χ4n) is 2.04. The summed E-state index contributed by atoms with van der Waals surface area (Å²) in [6, 6.07) is 0. The molecule has 0 aliphatic heterocycles. The Kier molecular flexibility index (Phi) is 8.39. The Hall–Kier alpha value is -1.10. The van der Waals surface area contributed by atoms with Gasteiger partial charge in [-0.25, -0.2) is 0 Å². The van der Waals surface area contributed by atoms with E-state index >= 15 is 0 Å². The van der Waals surface area contributed by atoms with E-state index in [1.165, 1.54) is 0 Å². The topological polar surface area (TPSA) is 72.8 Å². The van der Waals surface area contributed by atoms with Crippen LogP contribution in [0.5, 0.6) is 0 Å². The molecule has 0 spiro atoms. The normalized spacial score (nSPS) is 12.9. The van der Waals surface area contributed by atoms with E-state index in [1.807, 2.05) is 6.92 Å². The molecule has 1 N–H and O–H groups in total. The van der Waals surface area contributed by atoms with Gasteiger partial charge in [-0.1, -0.05) is 13.3 Å². The quantitative estimate of drug-likeness (QED) is 0.514. The molecule has 0 saturated heterocycles. The van der Waals surface area contributed by atoms with Crippen LogP contribution in [0, 0.1) is 5.41 Å². The molecule has 0 aromatic heterocycles. The van der Waals surface area contributed by atoms with Gasteiger partial charge in [-0.3, -0.25) is 9.59 Å². The molecule has 5 heteroatoms. The van der Waals surface area contributed by atoms with Crippen LogP contribution in [-0.2, 0) is 19.1 Å². The van der Waals surface area contributed by atoms with Crippen molar-refractivity contribution in [3.8, 4) is 0 Å². The van der Waals surface area contributed by atoms with Gasteiger partial charge in [0.1, 0.15) is 0 Å². The van der Waals surface area contributed by atoms with Crippen LogP contribution < -0.4 is 0 Å². The first-order valence-electron chi connectivity index (χ1n) is 6.97. The Morgan fingerprint density at radius 3 is 1.84 bits per heavy atom. The zero-order valence-electron chi connectivity index (χ0n) is 12.4. The van der Waals surface area contributed by atoms with Gasteiger partial charge in [-0.05, 0) is 40.0 Å². The Morgan fingerprint density at radius 1 is 1.05 bits per heavy atom. The minimum Gasteiger partial charge on any atom is -0.465 e. The summed E-state index contributed by atoms with van der Waals surface area (Å²) < 4.78 is 10.1. The number of carbonyl (C=O) groups excluding carboxylic acids is 2. The van der Waals surface area contributed by atoms with Crippen LogP contribution in [0.1, 0.15) is 53.4 Å². The van der Waals surface area contributed by atoms with Gasteiger partial charge in [0.25, 0.3) is 0 Å². The zero-order chi connectivity index (χ0) is 14.9. The number of hydrogen-bond donors (Lipinski definition) is 1. The lowest BCUT2D eigenvalue weighted by Gasteiger charge is -2.29.